The molecule has 3 rings (SSSR count). The Labute approximate surface area is 123 Å². The molecule has 9 heteroatoms. The number of H-pyrrole nitrogens is 1. The van der Waals surface area contributed by atoms with Crippen molar-refractivity contribution in [3.05, 3.63) is 24.2 Å². The normalized spacial score (nSPS) is 23.2. The fraction of sp³-hybridized carbons (Fsp3) is 0.462. The monoisotopic (exact) mass is 313 g/mol. The number of likely N-dealkylation sites (tertiary alicyclic amines) is 1. The molecule has 2 atom stereocenters. The molecule has 0 aromatic carbocycles. The zero-order valence-corrected chi connectivity index (χ0v) is 11.5. The van der Waals surface area contributed by atoms with Crippen LogP contribution >= 0.6 is 0 Å². The molecule has 0 bridgehead atoms. The number of primary amides is 1. The van der Waals surface area contributed by atoms with Crippen LogP contribution in [0.4, 0.5) is 13.2 Å². The summed E-state index contributed by atoms with van der Waals surface area (Å²) < 4.78 is 39.0. The Morgan fingerprint density at radius 2 is 2.09 bits per heavy atom. The maximum absolute atomic E-state index is 13.0. The summed E-state index contributed by atoms with van der Waals surface area (Å²) in [6.07, 6.45) is 0.287. The average molecular weight is 313 g/mol. The largest absolute Gasteiger partial charge is 0.393 e. The maximum Gasteiger partial charge on any atom is 0.393 e. The van der Waals surface area contributed by atoms with Gasteiger partial charge < -0.3 is 10.7 Å². The third kappa shape index (κ3) is 2.63. The Bertz CT molecular complexity index is 698. The highest BCUT2D eigenvalue weighted by molar-refractivity contribution is 5.78. The van der Waals surface area contributed by atoms with Gasteiger partial charge in [0.05, 0.1) is 11.8 Å². The second-order valence-corrected chi connectivity index (χ2v) is 5.42. The van der Waals surface area contributed by atoms with Gasteiger partial charge in [-0.1, -0.05) is 0 Å². The summed E-state index contributed by atoms with van der Waals surface area (Å²) in [5, 5.41) is 0. The van der Waals surface area contributed by atoms with Gasteiger partial charge in [0.25, 0.3) is 0 Å². The molecule has 0 radical (unpaired) electrons. The second-order valence-electron chi connectivity index (χ2n) is 5.42. The van der Waals surface area contributed by atoms with E-state index >= 15 is 0 Å². The number of aromatic nitrogens is 3. The lowest BCUT2D eigenvalue weighted by Crippen LogP contribution is -2.37. The van der Waals surface area contributed by atoms with Crippen molar-refractivity contribution in [2.75, 3.05) is 13.1 Å². The van der Waals surface area contributed by atoms with E-state index in [1.54, 1.807) is 11.1 Å². The average Bonchev–Trinajstić information content (AvgIpc) is 3.04. The Balaban J connectivity index is 1.80. The Hall–Kier alpha value is -2.16. The van der Waals surface area contributed by atoms with Gasteiger partial charge in [-0.2, -0.15) is 13.2 Å². The Morgan fingerprint density at radius 3 is 2.73 bits per heavy atom. The number of hydrogen-bond donors (Lipinski definition) is 2. The molecule has 2 aromatic rings. The van der Waals surface area contributed by atoms with Crippen LogP contribution in [0.2, 0.25) is 0 Å². The van der Waals surface area contributed by atoms with Crippen LogP contribution in [0, 0.1) is 11.8 Å². The molecule has 3 N–H and O–H groups in total. The minimum atomic E-state index is -4.44. The van der Waals surface area contributed by atoms with E-state index in [9.17, 15) is 18.0 Å². The van der Waals surface area contributed by atoms with Gasteiger partial charge in [-0.25, -0.2) is 4.98 Å². The molecule has 2 aromatic heterocycles. The predicted octanol–water partition coefficient (Wildman–Crippen LogP) is 1.05. The molecule has 22 heavy (non-hydrogen) atoms. The van der Waals surface area contributed by atoms with Crippen LogP contribution < -0.4 is 5.73 Å². The van der Waals surface area contributed by atoms with Crippen LogP contribution in [-0.4, -0.2) is 45.0 Å². The summed E-state index contributed by atoms with van der Waals surface area (Å²) in [6.45, 7) is 0.00550. The van der Waals surface area contributed by atoms with E-state index < -0.39 is 23.9 Å². The minimum Gasteiger partial charge on any atom is -0.369 e. The van der Waals surface area contributed by atoms with Crippen LogP contribution in [-0.2, 0) is 11.3 Å². The van der Waals surface area contributed by atoms with E-state index in [2.05, 4.69) is 15.0 Å². The van der Waals surface area contributed by atoms with Crippen LogP contribution in [0.3, 0.4) is 0 Å². The lowest BCUT2D eigenvalue weighted by Gasteiger charge is -2.18. The van der Waals surface area contributed by atoms with Crippen LogP contribution in [0.5, 0.6) is 0 Å². The highest BCUT2D eigenvalue weighted by atomic mass is 19.4. The van der Waals surface area contributed by atoms with Crippen LogP contribution in [0.1, 0.15) is 5.56 Å². The van der Waals surface area contributed by atoms with Gasteiger partial charge in [0.1, 0.15) is 5.52 Å². The number of hydrogen-bond acceptors (Lipinski definition) is 4. The van der Waals surface area contributed by atoms with Crippen molar-refractivity contribution in [3.63, 3.8) is 0 Å². The van der Waals surface area contributed by atoms with E-state index in [0.717, 1.165) is 5.56 Å². The summed E-state index contributed by atoms with van der Waals surface area (Å²) in [5.41, 5.74) is 7.06. The van der Waals surface area contributed by atoms with E-state index in [4.69, 9.17) is 5.73 Å². The van der Waals surface area contributed by atoms with E-state index in [0.29, 0.717) is 11.2 Å². The lowest BCUT2D eigenvalue weighted by atomic mass is 9.95. The number of nitrogens with zero attached hydrogens (tertiary/aromatic N) is 3. The number of alkyl halides is 3. The number of halogens is 3. The molecule has 1 fully saturated rings. The number of nitrogens with one attached hydrogen (secondary N) is 1. The summed E-state index contributed by atoms with van der Waals surface area (Å²) in [7, 11) is 0. The van der Waals surface area contributed by atoms with Crippen molar-refractivity contribution in [1.82, 2.24) is 19.9 Å². The van der Waals surface area contributed by atoms with Gasteiger partial charge in [0.15, 0.2) is 5.65 Å². The molecule has 118 valence electrons. The first-order valence-corrected chi connectivity index (χ1v) is 6.71. The topological polar surface area (TPSA) is 87.9 Å². The van der Waals surface area contributed by atoms with Gasteiger partial charge in [-0.15, -0.1) is 0 Å². The standard InChI is InChI=1S/C13H14F3N5O/c14-13(15,16)9-6-21(5-8(9)11(17)22)4-7-3-20-12-10(7)18-1-2-19-12/h1-3,8-9H,4-6H2,(H2,17,22)(H,19,20)/t8-,9-/m1/s1. The number of aromatic amines is 1. The number of carbonyl (C=O) groups excluding carboxylic acids is 1. The van der Waals surface area contributed by atoms with Gasteiger partial charge in [-0.3, -0.25) is 14.7 Å². The number of fused-ring (bicyclic) bond motifs is 1. The molecule has 6 nitrogen and oxygen atoms in total. The zero-order chi connectivity index (χ0) is 15.9. The van der Waals surface area contributed by atoms with Crippen molar-refractivity contribution in [2.45, 2.75) is 12.7 Å². The molecule has 0 saturated carbocycles. The van der Waals surface area contributed by atoms with E-state index in [-0.39, 0.29) is 19.6 Å². The molecule has 0 spiro atoms. The molecule has 1 amide bonds. The maximum atomic E-state index is 13.0. The predicted molar refractivity (Wildman–Crippen MR) is 71.4 cm³/mol. The smallest absolute Gasteiger partial charge is 0.369 e. The fourth-order valence-electron chi connectivity index (χ4n) is 2.90. The zero-order valence-electron chi connectivity index (χ0n) is 11.5. The van der Waals surface area contributed by atoms with Crippen molar-refractivity contribution < 1.29 is 18.0 Å². The first-order chi connectivity index (χ1) is 10.4. The first-order valence-electron chi connectivity index (χ1n) is 6.71. The summed E-state index contributed by atoms with van der Waals surface area (Å²) in [6, 6.07) is 0. The van der Waals surface area contributed by atoms with Crippen molar-refractivity contribution in [3.8, 4) is 0 Å². The Morgan fingerprint density at radius 1 is 1.36 bits per heavy atom. The number of amides is 1. The van der Waals surface area contributed by atoms with Gasteiger partial charge in [-0.05, 0) is 0 Å². The molecule has 1 saturated heterocycles. The molecular formula is C13H14F3N5O. The third-order valence-electron chi connectivity index (χ3n) is 3.96. The molecule has 0 unspecified atom stereocenters. The second kappa shape index (κ2) is 5.24. The van der Waals surface area contributed by atoms with Gasteiger partial charge in [0, 0.05) is 43.8 Å². The molecule has 0 aliphatic carbocycles. The minimum absolute atomic E-state index is 0.00749. The SMILES string of the molecule is NC(=O)[C@@H]1CN(Cc2c[nH]c3nccnc23)C[C@H]1C(F)(F)F. The molecule has 1 aliphatic rings. The summed E-state index contributed by atoms with van der Waals surface area (Å²) in [5.74, 6) is -3.85. The highest BCUT2D eigenvalue weighted by Crippen LogP contribution is 2.38. The lowest BCUT2D eigenvalue weighted by molar-refractivity contribution is -0.182. The van der Waals surface area contributed by atoms with Gasteiger partial charge in [0.2, 0.25) is 5.91 Å². The highest BCUT2D eigenvalue weighted by Gasteiger charge is 2.51. The van der Waals surface area contributed by atoms with E-state index in [1.807, 2.05) is 0 Å². The van der Waals surface area contributed by atoms with Crippen molar-refractivity contribution in [2.24, 2.45) is 17.6 Å². The molecular weight excluding hydrogens is 299 g/mol. The number of nitrogens with two attached hydrogens (primary N) is 1. The van der Waals surface area contributed by atoms with Crippen molar-refractivity contribution in [1.29, 1.82) is 0 Å². The Kier molecular flexibility index (Phi) is 3.51. The first kappa shape index (κ1) is 14.8. The summed E-state index contributed by atoms with van der Waals surface area (Å²) in [4.78, 5) is 24.0. The van der Waals surface area contributed by atoms with Crippen LogP contribution in [0.15, 0.2) is 18.6 Å². The fourth-order valence-corrected chi connectivity index (χ4v) is 2.90. The van der Waals surface area contributed by atoms with Crippen molar-refractivity contribution >= 4 is 17.1 Å². The molecule has 3 heterocycles. The van der Waals surface area contributed by atoms with Gasteiger partial charge >= 0.3 is 6.18 Å². The quantitative estimate of drug-likeness (QED) is 0.887. The number of carbonyl (C=O) groups is 1. The van der Waals surface area contributed by atoms with E-state index in [1.165, 1.54) is 12.4 Å². The molecule has 1 aliphatic heterocycles. The van der Waals surface area contributed by atoms with Crippen LogP contribution in [0.25, 0.3) is 11.2 Å². The summed E-state index contributed by atoms with van der Waals surface area (Å²) >= 11 is 0. The third-order valence-corrected chi connectivity index (χ3v) is 3.96. The number of rotatable bonds is 3.